The van der Waals surface area contributed by atoms with Gasteiger partial charge in [0.2, 0.25) is 5.91 Å². The molecule has 0 saturated carbocycles. The zero-order valence-corrected chi connectivity index (χ0v) is 12.2. The van der Waals surface area contributed by atoms with Gasteiger partial charge in [0, 0.05) is 36.6 Å². The summed E-state index contributed by atoms with van der Waals surface area (Å²) < 4.78 is 1.97. The van der Waals surface area contributed by atoms with Gasteiger partial charge >= 0.3 is 0 Å². The molecule has 0 aliphatic carbocycles. The largest absolute Gasteiger partial charge is 0.334 e. The van der Waals surface area contributed by atoms with E-state index in [0.29, 0.717) is 0 Å². The van der Waals surface area contributed by atoms with Crippen LogP contribution >= 0.6 is 0 Å². The molecule has 1 aromatic heterocycles. The van der Waals surface area contributed by atoms with Crippen molar-refractivity contribution in [1.29, 1.82) is 0 Å². The third-order valence-corrected chi connectivity index (χ3v) is 3.92. The fraction of sp³-hybridized carbons (Fsp3) is 0.375. The Labute approximate surface area is 124 Å². The van der Waals surface area contributed by atoms with E-state index in [1.807, 2.05) is 42.1 Å². The molecule has 0 radical (unpaired) electrons. The lowest BCUT2D eigenvalue weighted by molar-refractivity contribution is -0.120. The Morgan fingerprint density at radius 1 is 1.38 bits per heavy atom. The van der Waals surface area contributed by atoms with Gasteiger partial charge in [-0.3, -0.25) is 4.79 Å². The number of aromatic nitrogens is 2. The van der Waals surface area contributed by atoms with Gasteiger partial charge in [0.1, 0.15) is 5.82 Å². The average molecular weight is 284 g/mol. The Balaban J connectivity index is 1.74. The number of anilines is 1. The van der Waals surface area contributed by atoms with E-state index in [0.717, 1.165) is 43.0 Å². The maximum atomic E-state index is 12.3. The summed E-state index contributed by atoms with van der Waals surface area (Å²) in [4.78, 5) is 16.6. The fourth-order valence-electron chi connectivity index (χ4n) is 2.71. The van der Waals surface area contributed by atoms with Crippen molar-refractivity contribution in [2.45, 2.75) is 12.8 Å². The quantitative estimate of drug-likeness (QED) is 0.906. The van der Waals surface area contributed by atoms with Gasteiger partial charge in [0.05, 0.1) is 0 Å². The predicted molar refractivity (Wildman–Crippen MR) is 82.9 cm³/mol. The van der Waals surface area contributed by atoms with E-state index in [2.05, 4.69) is 15.6 Å². The minimum Gasteiger partial charge on any atom is -0.334 e. The number of hydrogen-bond donors (Lipinski definition) is 2. The van der Waals surface area contributed by atoms with Gasteiger partial charge in [0.25, 0.3) is 0 Å². The van der Waals surface area contributed by atoms with Crippen LogP contribution in [0.4, 0.5) is 5.69 Å². The first-order valence-corrected chi connectivity index (χ1v) is 7.33. The molecule has 2 aromatic rings. The molecule has 1 aromatic carbocycles. The summed E-state index contributed by atoms with van der Waals surface area (Å²) in [6.45, 7) is 1.84. The number of benzene rings is 1. The summed E-state index contributed by atoms with van der Waals surface area (Å²) in [5.41, 5.74) is 1.84. The zero-order valence-electron chi connectivity index (χ0n) is 12.2. The van der Waals surface area contributed by atoms with E-state index < -0.39 is 0 Å². The van der Waals surface area contributed by atoms with Gasteiger partial charge in [-0.2, -0.15) is 0 Å². The lowest BCUT2D eigenvalue weighted by atomic mass is 9.97. The molecule has 1 aliphatic heterocycles. The minimum atomic E-state index is 0.114. The molecule has 1 amide bonds. The Kier molecular flexibility index (Phi) is 4.01. The number of nitrogens with one attached hydrogen (secondary N) is 2. The normalized spacial score (nSPS) is 15.9. The van der Waals surface area contributed by atoms with Crippen LogP contribution in [0, 0.1) is 5.92 Å². The van der Waals surface area contributed by atoms with Crippen molar-refractivity contribution >= 4 is 11.6 Å². The highest BCUT2D eigenvalue weighted by Gasteiger charge is 2.20. The van der Waals surface area contributed by atoms with Gasteiger partial charge < -0.3 is 15.2 Å². The van der Waals surface area contributed by atoms with Crippen LogP contribution in [0.3, 0.4) is 0 Å². The number of carbonyl (C=O) groups is 1. The lowest BCUT2D eigenvalue weighted by Gasteiger charge is -2.21. The third-order valence-electron chi connectivity index (χ3n) is 3.92. The van der Waals surface area contributed by atoms with Crippen molar-refractivity contribution in [3.8, 4) is 11.4 Å². The van der Waals surface area contributed by atoms with Crippen molar-refractivity contribution in [3.63, 3.8) is 0 Å². The van der Waals surface area contributed by atoms with E-state index in [9.17, 15) is 4.79 Å². The topological polar surface area (TPSA) is 59.0 Å². The summed E-state index contributed by atoms with van der Waals surface area (Å²) in [5.74, 6) is 1.13. The second-order valence-corrected chi connectivity index (χ2v) is 5.46. The molecule has 2 N–H and O–H groups in total. The van der Waals surface area contributed by atoms with Gasteiger partial charge in [-0.05, 0) is 38.1 Å². The number of carbonyl (C=O) groups excluding carboxylic acids is 1. The Morgan fingerprint density at radius 3 is 2.90 bits per heavy atom. The highest BCUT2D eigenvalue weighted by atomic mass is 16.1. The Hall–Kier alpha value is -2.14. The molecule has 0 spiro atoms. The van der Waals surface area contributed by atoms with Gasteiger partial charge in [-0.1, -0.05) is 12.1 Å². The molecule has 2 heterocycles. The van der Waals surface area contributed by atoms with Gasteiger partial charge in [-0.15, -0.1) is 0 Å². The number of aryl methyl sites for hydroxylation is 1. The van der Waals surface area contributed by atoms with Crippen LogP contribution in [0.15, 0.2) is 36.7 Å². The van der Waals surface area contributed by atoms with Crippen LogP contribution in [-0.4, -0.2) is 28.5 Å². The van der Waals surface area contributed by atoms with E-state index in [-0.39, 0.29) is 11.8 Å². The molecule has 1 fully saturated rings. The van der Waals surface area contributed by atoms with Gasteiger partial charge in [0.15, 0.2) is 0 Å². The smallest absolute Gasteiger partial charge is 0.227 e. The SMILES string of the molecule is Cn1ccnc1-c1cccc(NC(=O)C2CCNCC2)c1. The molecule has 0 atom stereocenters. The van der Waals surface area contributed by atoms with Gasteiger partial charge in [-0.25, -0.2) is 4.98 Å². The first kappa shape index (κ1) is 13.8. The van der Waals surface area contributed by atoms with Crippen LogP contribution in [0.2, 0.25) is 0 Å². The van der Waals surface area contributed by atoms with Crippen molar-refractivity contribution < 1.29 is 4.79 Å². The summed E-state index contributed by atoms with van der Waals surface area (Å²) in [6, 6.07) is 7.84. The average Bonchev–Trinajstić information content (AvgIpc) is 2.94. The molecule has 1 aliphatic rings. The molecule has 3 rings (SSSR count). The molecule has 0 bridgehead atoms. The third kappa shape index (κ3) is 3.13. The molecule has 1 saturated heterocycles. The summed E-state index contributed by atoms with van der Waals surface area (Å²) in [7, 11) is 1.96. The molecule has 21 heavy (non-hydrogen) atoms. The maximum absolute atomic E-state index is 12.3. The van der Waals surface area contributed by atoms with Crippen LogP contribution in [-0.2, 0) is 11.8 Å². The molecular weight excluding hydrogens is 264 g/mol. The van der Waals surface area contributed by atoms with Crippen LogP contribution in [0.5, 0.6) is 0 Å². The predicted octanol–water partition coefficient (Wildman–Crippen LogP) is 2.03. The van der Waals surface area contributed by atoms with E-state index in [1.165, 1.54) is 0 Å². The first-order chi connectivity index (χ1) is 10.2. The molecule has 0 unspecified atom stereocenters. The first-order valence-electron chi connectivity index (χ1n) is 7.33. The zero-order chi connectivity index (χ0) is 14.7. The highest BCUT2D eigenvalue weighted by molar-refractivity contribution is 5.93. The van der Waals surface area contributed by atoms with Crippen molar-refractivity contribution in [1.82, 2.24) is 14.9 Å². The van der Waals surface area contributed by atoms with E-state index in [4.69, 9.17) is 0 Å². The number of nitrogens with zero attached hydrogens (tertiary/aromatic N) is 2. The van der Waals surface area contributed by atoms with E-state index >= 15 is 0 Å². The number of piperidine rings is 1. The number of amides is 1. The van der Waals surface area contributed by atoms with Crippen molar-refractivity contribution in [2.75, 3.05) is 18.4 Å². The second-order valence-electron chi connectivity index (χ2n) is 5.46. The van der Waals surface area contributed by atoms with Crippen LogP contribution in [0.1, 0.15) is 12.8 Å². The molecular formula is C16H20N4O. The maximum Gasteiger partial charge on any atom is 0.227 e. The summed E-state index contributed by atoms with van der Waals surface area (Å²) >= 11 is 0. The summed E-state index contributed by atoms with van der Waals surface area (Å²) in [6.07, 6.45) is 5.50. The Morgan fingerprint density at radius 2 is 2.19 bits per heavy atom. The van der Waals surface area contributed by atoms with Crippen LogP contribution in [0.25, 0.3) is 11.4 Å². The fourth-order valence-corrected chi connectivity index (χ4v) is 2.71. The molecule has 110 valence electrons. The molecule has 5 nitrogen and oxygen atoms in total. The highest BCUT2D eigenvalue weighted by Crippen LogP contribution is 2.22. The summed E-state index contributed by atoms with van der Waals surface area (Å²) in [5, 5.41) is 6.31. The van der Waals surface area contributed by atoms with Crippen molar-refractivity contribution in [2.24, 2.45) is 13.0 Å². The van der Waals surface area contributed by atoms with Crippen molar-refractivity contribution in [3.05, 3.63) is 36.7 Å². The number of rotatable bonds is 3. The number of imidazole rings is 1. The number of hydrogen-bond acceptors (Lipinski definition) is 3. The minimum absolute atomic E-state index is 0.114. The second kappa shape index (κ2) is 6.10. The standard InChI is InChI=1S/C16H20N4O/c1-20-10-9-18-15(20)13-3-2-4-14(11-13)19-16(21)12-5-7-17-8-6-12/h2-4,9-12,17H,5-8H2,1H3,(H,19,21). The van der Waals surface area contributed by atoms with E-state index in [1.54, 1.807) is 6.20 Å². The monoisotopic (exact) mass is 284 g/mol. The Bertz CT molecular complexity index is 629. The lowest BCUT2D eigenvalue weighted by Crippen LogP contribution is -2.34. The molecule has 5 heteroatoms. The van der Waals surface area contributed by atoms with Crippen LogP contribution < -0.4 is 10.6 Å².